The first-order chi connectivity index (χ1) is 8.42. The maximum atomic E-state index is 12.0. The van der Waals surface area contributed by atoms with E-state index < -0.39 is 12.6 Å². The Morgan fingerprint density at radius 2 is 2.17 bits per heavy atom. The minimum absolute atomic E-state index is 0.0708. The molecule has 0 bridgehead atoms. The monoisotopic (exact) mass is 263 g/mol. The number of alkyl halides is 3. The van der Waals surface area contributed by atoms with Gasteiger partial charge in [0.05, 0.1) is 6.20 Å². The minimum Gasteiger partial charge on any atom is -0.310 e. The summed E-state index contributed by atoms with van der Waals surface area (Å²) in [6.07, 6.45) is -0.201. The fourth-order valence-electron chi connectivity index (χ4n) is 1.65. The molecule has 18 heavy (non-hydrogen) atoms. The van der Waals surface area contributed by atoms with Crippen LogP contribution in [0.1, 0.15) is 44.7 Å². The first-order valence-electron chi connectivity index (χ1n) is 6.25. The molecule has 1 aromatic rings. The van der Waals surface area contributed by atoms with Crippen LogP contribution in [-0.4, -0.2) is 22.5 Å². The highest BCUT2D eigenvalue weighted by molar-refractivity contribution is 5.09. The third-order valence-corrected chi connectivity index (χ3v) is 2.70. The fraction of sp³-hybridized carbons (Fsp3) is 0.750. The maximum absolute atomic E-state index is 12.0. The lowest BCUT2D eigenvalue weighted by Crippen LogP contribution is -2.18. The second-order valence-corrected chi connectivity index (χ2v) is 4.43. The van der Waals surface area contributed by atoms with Crippen molar-refractivity contribution in [3.8, 4) is 0 Å². The SMILES string of the molecule is CCCNC(C)c1cnn(CCCC(F)(F)F)c1. The largest absolute Gasteiger partial charge is 0.389 e. The van der Waals surface area contributed by atoms with Crippen molar-refractivity contribution in [2.75, 3.05) is 6.54 Å². The zero-order chi connectivity index (χ0) is 13.6. The van der Waals surface area contributed by atoms with Crippen LogP contribution >= 0.6 is 0 Å². The van der Waals surface area contributed by atoms with Crippen LogP contribution in [-0.2, 0) is 6.54 Å². The molecule has 104 valence electrons. The van der Waals surface area contributed by atoms with Gasteiger partial charge in [-0.2, -0.15) is 18.3 Å². The van der Waals surface area contributed by atoms with Crippen molar-refractivity contribution in [3.05, 3.63) is 18.0 Å². The lowest BCUT2D eigenvalue weighted by atomic mass is 10.2. The van der Waals surface area contributed by atoms with Gasteiger partial charge in [-0.05, 0) is 26.3 Å². The van der Waals surface area contributed by atoms with Gasteiger partial charge in [-0.15, -0.1) is 0 Å². The van der Waals surface area contributed by atoms with Gasteiger partial charge in [0, 0.05) is 30.8 Å². The summed E-state index contributed by atoms with van der Waals surface area (Å²) in [7, 11) is 0. The zero-order valence-electron chi connectivity index (χ0n) is 10.8. The number of halogens is 3. The standard InChI is InChI=1S/C12H20F3N3/c1-3-6-16-10(2)11-8-17-18(9-11)7-4-5-12(13,14)15/h8-10,16H,3-7H2,1-2H3. The smallest absolute Gasteiger partial charge is 0.310 e. The van der Waals surface area contributed by atoms with Crippen molar-refractivity contribution in [2.45, 2.75) is 51.9 Å². The van der Waals surface area contributed by atoms with E-state index in [4.69, 9.17) is 0 Å². The molecule has 0 saturated heterocycles. The summed E-state index contributed by atoms with van der Waals surface area (Å²) >= 11 is 0. The van der Waals surface area contributed by atoms with Crippen molar-refractivity contribution in [2.24, 2.45) is 0 Å². The van der Waals surface area contributed by atoms with Gasteiger partial charge in [0.15, 0.2) is 0 Å². The number of nitrogens with one attached hydrogen (secondary N) is 1. The highest BCUT2D eigenvalue weighted by Crippen LogP contribution is 2.21. The van der Waals surface area contributed by atoms with Crippen LogP contribution in [0.25, 0.3) is 0 Å². The highest BCUT2D eigenvalue weighted by Gasteiger charge is 2.26. The second-order valence-electron chi connectivity index (χ2n) is 4.43. The number of aromatic nitrogens is 2. The van der Waals surface area contributed by atoms with Gasteiger partial charge in [0.1, 0.15) is 0 Å². The van der Waals surface area contributed by atoms with Gasteiger partial charge in [-0.3, -0.25) is 4.68 Å². The Morgan fingerprint density at radius 3 is 2.78 bits per heavy atom. The first kappa shape index (κ1) is 15.0. The summed E-state index contributed by atoms with van der Waals surface area (Å²) < 4.78 is 37.5. The summed E-state index contributed by atoms with van der Waals surface area (Å²) in [5.41, 5.74) is 1.01. The Hall–Kier alpha value is -1.04. The molecule has 0 radical (unpaired) electrons. The molecule has 1 atom stereocenters. The van der Waals surface area contributed by atoms with Crippen LogP contribution in [0.2, 0.25) is 0 Å². The van der Waals surface area contributed by atoms with E-state index in [9.17, 15) is 13.2 Å². The molecule has 0 fully saturated rings. The summed E-state index contributed by atoms with van der Waals surface area (Å²) in [5.74, 6) is 0. The predicted octanol–water partition coefficient (Wildman–Crippen LogP) is 3.29. The molecule has 3 nitrogen and oxygen atoms in total. The van der Waals surface area contributed by atoms with Gasteiger partial charge < -0.3 is 5.32 Å². The Balaban J connectivity index is 2.38. The Bertz CT molecular complexity index is 347. The van der Waals surface area contributed by atoms with Gasteiger partial charge in [0.2, 0.25) is 0 Å². The van der Waals surface area contributed by atoms with Crippen molar-refractivity contribution >= 4 is 0 Å². The number of hydrogen-bond donors (Lipinski definition) is 1. The van der Waals surface area contributed by atoms with E-state index in [1.807, 2.05) is 13.1 Å². The quantitative estimate of drug-likeness (QED) is 0.818. The molecule has 1 rings (SSSR count). The second kappa shape index (κ2) is 6.78. The molecule has 0 spiro atoms. The lowest BCUT2D eigenvalue weighted by Gasteiger charge is -2.10. The topological polar surface area (TPSA) is 29.9 Å². The number of nitrogens with zero attached hydrogens (tertiary/aromatic N) is 2. The van der Waals surface area contributed by atoms with Crippen LogP contribution in [0.15, 0.2) is 12.4 Å². The van der Waals surface area contributed by atoms with Crippen molar-refractivity contribution in [1.82, 2.24) is 15.1 Å². The third kappa shape index (κ3) is 5.53. The molecular weight excluding hydrogens is 243 g/mol. The van der Waals surface area contributed by atoms with E-state index >= 15 is 0 Å². The van der Waals surface area contributed by atoms with Crippen molar-refractivity contribution in [3.63, 3.8) is 0 Å². The molecule has 1 aromatic heterocycles. The average Bonchev–Trinajstić information content (AvgIpc) is 2.73. The molecule has 0 aliphatic heterocycles. The van der Waals surface area contributed by atoms with E-state index in [-0.39, 0.29) is 12.5 Å². The van der Waals surface area contributed by atoms with Gasteiger partial charge in [0.25, 0.3) is 0 Å². The predicted molar refractivity (Wildman–Crippen MR) is 64.2 cm³/mol. The van der Waals surface area contributed by atoms with Gasteiger partial charge in [-0.1, -0.05) is 6.92 Å². The zero-order valence-corrected chi connectivity index (χ0v) is 10.8. The molecule has 6 heteroatoms. The summed E-state index contributed by atoms with van der Waals surface area (Å²) in [5, 5.41) is 7.38. The van der Waals surface area contributed by atoms with Crippen molar-refractivity contribution < 1.29 is 13.2 Å². The van der Waals surface area contributed by atoms with Gasteiger partial charge in [-0.25, -0.2) is 0 Å². The van der Waals surface area contributed by atoms with E-state index in [0.29, 0.717) is 6.54 Å². The molecule has 0 aromatic carbocycles. The summed E-state index contributed by atoms with van der Waals surface area (Å²) in [6.45, 7) is 5.33. The number of aryl methyl sites for hydroxylation is 1. The van der Waals surface area contributed by atoms with Crippen molar-refractivity contribution in [1.29, 1.82) is 0 Å². The number of hydrogen-bond acceptors (Lipinski definition) is 2. The highest BCUT2D eigenvalue weighted by atomic mass is 19.4. The molecule has 0 amide bonds. The minimum atomic E-state index is -4.08. The first-order valence-corrected chi connectivity index (χ1v) is 6.25. The molecule has 1 heterocycles. The van der Waals surface area contributed by atoms with Crippen LogP contribution in [0.4, 0.5) is 13.2 Å². The van der Waals surface area contributed by atoms with E-state index in [1.165, 1.54) is 0 Å². The van der Waals surface area contributed by atoms with E-state index in [2.05, 4.69) is 17.3 Å². The third-order valence-electron chi connectivity index (χ3n) is 2.70. The van der Waals surface area contributed by atoms with Crippen LogP contribution in [0.5, 0.6) is 0 Å². The molecule has 1 unspecified atom stereocenters. The Labute approximate surface area is 105 Å². The normalized spacial score (nSPS) is 13.8. The van der Waals surface area contributed by atoms with E-state index in [1.54, 1.807) is 10.9 Å². The van der Waals surface area contributed by atoms with Crippen LogP contribution in [0, 0.1) is 0 Å². The average molecular weight is 263 g/mol. The molecular formula is C12H20F3N3. The number of rotatable bonds is 7. The Morgan fingerprint density at radius 1 is 1.44 bits per heavy atom. The van der Waals surface area contributed by atoms with Gasteiger partial charge >= 0.3 is 6.18 Å². The molecule has 0 aliphatic carbocycles. The Kier molecular flexibility index (Phi) is 5.65. The maximum Gasteiger partial charge on any atom is 0.389 e. The fourth-order valence-corrected chi connectivity index (χ4v) is 1.65. The summed E-state index contributed by atoms with van der Waals surface area (Å²) in [6, 6.07) is 0.182. The summed E-state index contributed by atoms with van der Waals surface area (Å²) in [4.78, 5) is 0. The van der Waals surface area contributed by atoms with Crippen LogP contribution < -0.4 is 5.32 Å². The molecule has 0 saturated carbocycles. The molecule has 1 N–H and O–H groups in total. The molecule has 0 aliphatic rings. The van der Waals surface area contributed by atoms with Crippen LogP contribution in [0.3, 0.4) is 0 Å². The van der Waals surface area contributed by atoms with E-state index in [0.717, 1.165) is 18.5 Å². The lowest BCUT2D eigenvalue weighted by molar-refractivity contribution is -0.136.